The summed E-state index contributed by atoms with van der Waals surface area (Å²) in [5, 5.41) is 8.95. The van der Waals surface area contributed by atoms with E-state index in [2.05, 4.69) is 16.0 Å². The highest BCUT2D eigenvalue weighted by Gasteiger charge is 2.82. The highest BCUT2D eigenvalue weighted by molar-refractivity contribution is 6.31. The molecular formula is C31H28Cl2F2N4O3. The number of rotatable bonds is 4. The van der Waals surface area contributed by atoms with Gasteiger partial charge < -0.3 is 16.4 Å². The molecule has 3 amide bonds. The standard InChI is InChI=1S/C31H28Cl2F2N4O3/c1-29(2,3)21-13-30(21)31(23-19(34)11-15(32)12-20(23)38-28(31)42)22(17-5-4-6-18(33)24(17)35)25(39-30)27(41)37-16-9-7-14(8-10-16)26(36)40/h4-12,21-22,25,39H,13H2,1-3H3,(H2,36,40)(H,37,41)(H,38,42)/t21?,22-,25+,30?,31-/m0/s1. The highest BCUT2D eigenvalue weighted by Crippen LogP contribution is 2.72. The molecule has 6 rings (SSSR count). The minimum absolute atomic E-state index is 0.00742. The van der Waals surface area contributed by atoms with E-state index in [1.807, 2.05) is 20.8 Å². The van der Waals surface area contributed by atoms with Crippen molar-refractivity contribution in [3.8, 4) is 0 Å². The Bertz CT molecular complexity index is 1680. The predicted molar refractivity (Wildman–Crippen MR) is 157 cm³/mol. The van der Waals surface area contributed by atoms with Crippen molar-refractivity contribution >= 4 is 52.3 Å². The molecule has 3 aliphatic rings. The number of anilines is 2. The van der Waals surface area contributed by atoms with Crippen LogP contribution < -0.4 is 21.7 Å². The van der Waals surface area contributed by atoms with Crippen LogP contribution in [0.25, 0.3) is 0 Å². The predicted octanol–water partition coefficient (Wildman–Crippen LogP) is 5.76. The van der Waals surface area contributed by atoms with Gasteiger partial charge in [0.25, 0.3) is 0 Å². The number of primary amides is 1. The lowest BCUT2D eigenvalue weighted by Gasteiger charge is -2.38. The molecule has 1 aliphatic carbocycles. The summed E-state index contributed by atoms with van der Waals surface area (Å²) in [6.07, 6.45) is 0.432. The quantitative estimate of drug-likeness (QED) is 0.300. The smallest absolute Gasteiger partial charge is 0.248 e. The Balaban J connectivity index is 1.58. The average molecular weight is 613 g/mol. The molecule has 2 unspecified atom stereocenters. The maximum Gasteiger partial charge on any atom is 0.248 e. The number of carbonyl (C=O) groups is 3. The molecule has 5 N–H and O–H groups in total. The molecule has 42 heavy (non-hydrogen) atoms. The zero-order valence-electron chi connectivity index (χ0n) is 22.9. The first-order valence-corrected chi connectivity index (χ1v) is 14.2. The molecule has 218 valence electrons. The van der Waals surface area contributed by atoms with Crippen molar-refractivity contribution in [2.24, 2.45) is 17.1 Å². The number of benzene rings is 3. The first-order valence-electron chi connectivity index (χ1n) is 13.5. The van der Waals surface area contributed by atoms with E-state index >= 15 is 8.78 Å². The van der Waals surface area contributed by atoms with Crippen molar-refractivity contribution < 1.29 is 23.2 Å². The van der Waals surface area contributed by atoms with Gasteiger partial charge in [-0.05, 0) is 65.8 Å². The second-order valence-corrected chi connectivity index (χ2v) is 13.2. The Morgan fingerprint density at radius 1 is 1.07 bits per heavy atom. The molecule has 0 aromatic heterocycles. The second kappa shape index (κ2) is 9.49. The molecule has 3 aromatic carbocycles. The fourth-order valence-corrected chi connectivity index (χ4v) is 7.75. The summed E-state index contributed by atoms with van der Waals surface area (Å²) >= 11 is 12.4. The molecule has 1 saturated carbocycles. The Morgan fingerprint density at radius 3 is 2.38 bits per heavy atom. The van der Waals surface area contributed by atoms with Crippen molar-refractivity contribution in [1.82, 2.24) is 5.32 Å². The topological polar surface area (TPSA) is 113 Å². The Morgan fingerprint density at radius 2 is 1.76 bits per heavy atom. The third-order valence-electron chi connectivity index (χ3n) is 9.01. The molecule has 1 saturated heterocycles. The Kier molecular flexibility index (Phi) is 6.46. The summed E-state index contributed by atoms with van der Waals surface area (Å²) in [7, 11) is 0. The zero-order valence-corrected chi connectivity index (χ0v) is 24.5. The van der Waals surface area contributed by atoms with Crippen molar-refractivity contribution in [2.45, 2.75) is 50.1 Å². The number of carbonyl (C=O) groups excluding carboxylic acids is 3. The Hall–Kier alpha value is -3.53. The van der Waals surface area contributed by atoms with E-state index in [9.17, 15) is 14.4 Å². The van der Waals surface area contributed by atoms with E-state index in [0.717, 1.165) is 6.07 Å². The third-order valence-corrected chi connectivity index (χ3v) is 9.52. The molecule has 2 heterocycles. The van der Waals surface area contributed by atoms with E-state index in [-0.39, 0.29) is 43.8 Å². The van der Waals surface area contributed by atoms with Crippen LogP contribution in [0.4, 0.5) is 20.2 Å². The highest BCUT2D eigenvalue weighted by atomic mass is 35.5. The van der Waals surface area contributed by atoms with Crippen molar-refractivity contribution in [1.29, 1.82) is 0 Å². The number of nitrogens with two attached hydrogens (primary N) is 1. The minimum Gasteiger partial charge on any atom is -0.366 e. The van der Waals surface area contributed by atoms with Crippen LogP contribution in [0.1, 0.15) is 54.6 Å². The van der Waals surface area contributed by atoms with Gasteiger partial charge in [-0.25, -0.2) is 8.78 Å². The van der Waals surface area contributed by atoms with Gasteiger partial charge in [-0.2, -0.15) is 0 Å². The lowest BCUT2D eigenvalue weighted by molar-refractivity contribution is -0.122. The largest absolute Gasteiger partial charge is 0.366 e. The van der Waals surface area contributed by atoms with Crippen molar-refractivity contribution in [3.63, 3.8) is 0 Å². The average Bonchev–Trinajstić information content (AvgIpc) is 3.48. The summed E-state index contributed by atoms with van der Waals surface area (Å²) in [4.78, 5) is 40.0. The molecule has 0 bridgehead atoms. The van der Waals surface area contributed by atoms with Gasteiger partial charge in [0.1, 0.15) is 17.0 Å². The summed E-state index contributed by atoms with van der Waals surface area (Å²) in [6, 6.07) is 11.8. The molecule has 2 aliphatic heterocycles. The minimum atomic E-state index is -1.72. The van der Waals surface area contributed by atoms with Crippen LogP contribution in [0, 0.1) is 23.0 Å². The van der Waals surface area contributed by atoms with Gasteiger partial charge in [-0.1, -0.05) is 56.1 Å². The molecular weight excluding hydrogens is 585 g/mol. The lowest BCUT2D eigenvalue weighted by Crippen LogP contribution is -2.53. The van der Waals surface area contributed by atoms with Crippen LogP contribution in [-0.4, -0.2) is 29.3 Å². The summed E-state index contributed by atoms with van der Waals surface area (Å²) < 4.78 is 32.1. The van der Waals surface area contributed by atoms with Crippen molar-refractivity contribution in [3.05, 3.63) is 93.0 Å². The van der Waals surface area contributed by atoms with Crippen LogP contribution in [0.2, 0.25) is 10.0 Å². The van der Waals surface area contributed by atoms with E-state index in [1.54, 1.807) is 0 Å². The van der Waals surface area contributed by atoms with Gasteiger partial charge in [0.05, 0.1) is 11.1 Å². The third kappa shape index (κ3) is 3.97. The normalized spacial score (nSPS) is 27.7. The fraction of sp³-hybridized carbons (Fsp3) is 0.323. The molecule has 2 spiro atoms. The van der Waals surface area contributed by atoms with Gasteiger partial charge in [0.2, 0.25) is 17.7 Å². The number of nitrogens with one attached hydrogen (secondary N) is 3. The van der Waals surface area contributed by atoms with E-state index in [0.29, 0.717) is 12.1 Å². The SMILES string of the molecule is CC(C)(C)C1CC12N[C@@H](C(=O)Nc1ccc(C(N)=O)cc1)[C@H](c1cccc(Cl)c1F)[C@]21C(=O)Nc2cc(Cl)cc(F)c21. The number of hydrogen-bond acceptors (Lipinski definition) is 4. The van der Waals surface area contributed by atoms with E-state index < -0.39 is 52.3 Å². The van der Waals surface area contributed by atoms with Crippen LogP contribution in [0.5, 0.6) is 0 Å². The monoisotopic (exact) mass is 612 g/mol. The summed E-state index contributed by atoms with van der Waals surface area (Å²) in [6.45, 7) is 6.03. The first kappa shape index (κ1) is 28.6. The molecule has 7 nitrogen and oxygen atoms in total. The van der Waals surface area contributed by atoms with Crippen LogP contribution >= 0.6 is 23.2 Å². The number of fused-ring (bicyclic) bond motifs is 3. The summed E-state index contributed by atoms with van der Waals surface area (Å²) in [5.74, 6) is -4.66. The maximum atomic E-state index is 16.1. The molecule has 2 fully saturated rings. The Labute approximate surface area is 251 Å². The van der Waals surface area contributed by atoms with Gasteiger partial charge in [-0.3, -0.25) is 19.7 Å². The lowest BCUT2D eigenvalue weighted by atomic mass is 9.61. The van der Waals surface area contributed by atoms with Crippen molar-refractivity contribution in [2.75, 3.05) is 10.6 Å². The van der Waals surface area contributed by atoms with E-state index in [1.165, 1.54) is 48.5 Å². The molecule has 11 heteroatoms. The molecule has 0 radical (unpaired) electrons. The van der Waals surface area contributed by atoms with Gasteiger partial charge >= 0.3 is 0 Å². The number of hydrogen-bond donors (Lipinski definition) is 4. The van der Waals surface area contributed by atoms with E-state index in [4.69, 9.17) is 28.9 Å². The van der Waals surface area contributed by atoms with Gasteiger partial charge in [0.15, 0.2) is 0 Å². The number of halogens is 4. The second-order valence-electron chi connectivity index (χ2n) is 12.3. The van der Waals surface area contributed by atoms with Crippen LogP contribution in [-0.2, 0) is 15.0 Å². The maximum absolute atomic E-state index is 16.1. The molecule has 5 atom stereocenters. The van der Waals surface area contributed by atoms with Crippen LogP contribution in [0.15, 0.2) is 54.6 Å². The first-order chi connectivity index (χ1) is 19.7. The van der Waals surface area contributed by atoms with Gasteiger partial charge in [0, 0.05) is 39.0 Å². The summed E-state index contributed by atoms with van der Waals surface area (Å²) in [5.41, 5.74) is 2.99. The zero-order chi connectivity index (χ0) is 30.4. The number of amides is 3. The van der Waals surface area contributed by atoms with Gasteiger partial charge in [-0.15, -0.1) is 0 Å². The van der Waals surface area contributed by atoms with Crippen LogP contribution in [0.3, 0.4) is 0 Å². The molecule has 3 aromatic rings. The fourth-order valence-electron chi connectivity index (χ4n) is 7.36.